The number of hydrogen-bond acceptors (Lipinski definition) is 5. The van der Waals surface area contributed by atoms with Crippen LogP contribution in [-0.4, -0.2) is 27.9 Å². The highest BCUT2D eigenvalue weighted by molar-refractivity contribution is 6.03. The van der Waals surface area contributed by atoms with Gasteiger partial charge in [-0.25, -0.2) is 4.99 Å². The first kappa shape index (κ1) is 15.6. The molecule has 0 aliphatic carbocycles. The second-order valence-corrected chi connectivity index (χ2v) is 5.05. The number of rotatable bonds is 3. The minimum atomic E-state index is -0.695. The molecule has 0 atom stereocenters. The van der Waals surface area contributed by atoms with Crippen molar-refractivity contribution in [1.82, 2.24) is 4.73 Å². The molecule has 0 aliphatic rings. The zero-order chi connectivity index (χ0) is 16.4. The molecule has 0 bridgehead atoms. The topological polar surface area (TPSA) is 84.0 Å². The normalized spacial score (nSPS) is 11.5. The molecule has 22 heavy (non-hydrogen) atoms. The van der Waals surface area contributed by atoms with Crippen molar-refractivity contribution in [1.29, 1.82) is 0 Å². The monoisotopic (exact) mass is 302 g/mol. The summed E-state index contributed by atoms with van der Waals surface area (Å²) < 4.78 is 5.47. The predicted octanol–water partition coefficient (Wildman–Crippen LogP) is 2.56. The lowest BCUT2D eigenvalue weighted by Crippen LogP contribution is -2.20. The second-order valence-electron chi connectivity index (χ2n) is 5.05. The van der Waals surface area contributed by atoms with Crippen molar-refractivity contribution >= 4 is 11.4 Å². The summed E-state index contributed by atoms with van der Waals surface area (Å²) >= 11 is 0. The number of ether oxygens (including phenoxy) is 1. The number of aromatic nitrogens is 1. The SMILES string of the molecule is COc1ccc(C)cc1N=C(C)c1c(C)cc(=O)n(O)c1O. The first-order chi connectivity index (χ1) is 10.3. The summed E-state index contributed by atoms with van der Waals surface area (Å²) in [6.45, 7) is 5.29. The van der Waals surface area contributed by atoms with Crippen molar-refractivity contribution in [2.24, 2.45) is 4.99 Å². The first-order valence-corrected chi connectivity index (χ1v) is 6.70. The van der Waals surface area contributed by atoms with Gasteiger partial charge in [0.15, 0.2) is 0 Å². The van der Waals surface area contributed by atoms with Crippen LogP contribution in [0, 0.1) is 13.8 Å². The zero-order valence-corrected chi connectivity index (χ0v) is 12.9. The minimum absolute atomic E-state index is 0.203. The second kappa shape index (κ2) is 5.93. The number of methoxy groups -OCH3 is 1. The molecule has 0 spiro atoms. The standard InChI is InChI=1S/C16H18N2O4/c1-9-5-6-13(22-4)12(7-9)17-11(3)15-10(2)8-14(19)18(21)16(15)20/h5-8,20-21H,1-4H3. The van der Waals surface area contributed by atoms with E-state index in [0.717, 1.165) is 5.56 Å². The predicted molar refractivity (Wildman–Crippen MR) is 83.9 cm³/mol. The van der Waals surface area contributed by atoms with E-state index >= 15 is 0 Å². The number of hydrogen-bond donors (Lipinski definition) is 2. The van der Waals surface area contributed by atoms with Crippen molar-refractivity contribution in [3.8, 4) is 11.6 Å². The van der Waals surface area contributed by atoms with E-state index in [1.165, 1.54) is 6.07 Å². The number of aryl methyl sites for hydroxylation is 2. The van der Waals surface area contributed by atoms with Crippen LogP contribution in [0.15, 0.2) is 34.1 Å². The third-order valence-electron chi connectivity index (χ3n) is 3.35. The van der Waals surface area contributed by atoms with Gasteiger partial charge in [-0.1, -0.05) is 6.07 Å². The quantitative estimate of drug-likeness (QED) is 0.674. The van der Waals surface area contributed by atoms with E-state index in [1.54, 1.807) is 27.0 Å². The Bertz CT molecular complexity index is 807. The molecule has 0 unspecified atom stereocenters. The summed E-state index contributed by atoms with van der Waals surface area (Å²) in [6.07, 6.45) is 0. The molecule has 2 aromatic rings. The summed E-state index contributed by atoms with van der Waals surface area (Å²) in [5.74, 6) is 0.0669. The average molecular weight is 302 g/mol. The van der Waals surface area contributed by atoms with Crippen molar-refractivity contribution in [3.05, 3.63) is 51.3 Å². The Morgan fingerprint density at radius 1 is 1.27 bits per heavy atom. The molecule has 0 saturated carbocycles. The highest BCUT2D eigenvalue weighted by Gasteiger charge is 2.15. The van der Waals surface area contributed by atoms with Crippen LogP contribution >= 0.6 is 0 Å². The molecule has 0 radical (unpaired) electrons. The van der Waals surface area contributed by atoms with Crippen LogP contribution < -0.4 is 10.3 Å². The third-order valence-corrected chi connectivity index (χ3v) is 3.35. The lowest BCUT2D eigenvalue weighted by molar-refractivity contribution is 0.143. The fourth-order valence-corrected chi connectivity index (χ4v) is 2.28. The van der Waals surface area contributed by atoms with Crippen molar-refractivity contribution in [3.63, 3.8) is 0 Å². The fraction of sp³-hybridized carbons (Fsp3) is 0.250. The number of nitrogens with zero attached hydrogens (tertiary/aromatic N) is 2. The summed E-state index contributed by atoms with van der Waals surface area (Å²) in [4.78, 5) is 15.9. The van der Waals surface area contributed by atoms with Crippen LogP contribution in [0.1, 0.15) is 23.6 Å². The Labute approximate surface area is 127 Å². The molecule has 1 aromatic carbocycles. The summed E-state index contributed by atoms with van der Waals surface area (Å²) in [6, 6.07) is 6.80. The van der Waals surface area contributed by atoms with E-state index in [-0.39, 0.29) is 4.73 Å². The average Bonchev–Trinajstić information content (AvgIpc) is 2.45. The van der Waals surface area contributed by atoms with E-state index in [0.29, 0.717) is 28.3 Å². The molecule has 2 N–H and O–H groups in total. The Morgan fingerprint density at radius 2 is 1.95 bits per heavy atom. The van der Waals surface area contributed by atoms with Crippen LogP contribution in [0.5, 0.6) is 11.6 Å². The molecule has 2 rings (SSSR count). The van der Waals surface area contributed by atoms with E-state index in [1.807, 2.05) is 19.1 Å². The molecular weight excluding hydrogens is 284 g/mol. The molecule has 1 heterocycles. The van der Waals surface area contributed by atoms with Gasteiger partial charge >= 0.3 is 0 Å². The molecule has 6 heteroatoms. The molecule has 0 saturated heterocycles. The number of aliphatic imine (C=N–C) groups is 1. The fourth-order valence-electron chi connectivity index (χ4n) is 2.28. The molecular formula is C16H18N2O4. The number of aromatic hydroxyl groups is 1. The minimum Gasteiger partial charge on any atom is -0.494 e. The molecule has 1 aromatic heterocycles. The van der Waals surface area contributed by atoms with Gasteiger partial charge in [0.2, 0.25) is 5.88 Å². The van der Waals surface area contributed by atoms with Crippen LogP contribution in [0.2, 0.25) is 0 Å². The Morgan fingerprint density at radius 3 is 2.59 bits per heavy atom. The molecule has 6 nitrogen and oxygen atoms in total. The van der Waals surface area contributed by atoms with Gasteiger partial charge in [0.25, 0.3) is 5.56 Å². The number of benzene rings is 1. The van der Waals surface area contributed by atoms with Crippen LogP contribution in [0.3, 0.4) is 0 Å². The molecule has 0 fully saturated rings. The van der Waals surface area contributed by atoms with Gasteiger partial charge in [0, 0.05) is 6.07 Å². The van der Waals surface area contributed by atoms with Gasteiger partial charge in [-0.05, 0) is 44.0 Å². The van der Waals surface area contributed by atoms with Gasteiger partial charge in [0.05, 0.1) is 18.4 Å². The first-order valence-electron chi connectivity index (χ1n) is 6.70. The largest absolute Gasteiger partial charge is 0.494 e. The molecule has 0 aliphatic heterocycles. The summed E-state index contributed by atoms with van der Waals surface area (Å²) in [5.41, 5.74) is 2.22. The van der Waals surface area contributed by atoms with Crippen molar-refractivity contribution < 1.29 is 15.1 Å². The molecule has 116 valence electrons. The van der Waals surface area contributed by atoms with Crippen molar-refractivity contribution in [2.75, 3.05) is 7.11 Å². The summed E-state index contributed by atoms with van der Waals surface area (Å²) in [5, 5.41) is 19.5. The maximum absolute atomic E-state index is 11.4. The van der Waals surface area contributed by atoms with Gasteiger partial charge in [-0.3, -0.25) is 4.79 Å². The summed E-state index contributed by atoms with van der Waals surface area (Å²) in [7, 11) is 1.55. The van der Waals surface area contributed by atoms with Gasteiger partial charge in [0.1, 0.15) is 11.4 Å². The van der Waals surface area contributed by atoms with Crippen molar-refractivity contribution in [2.45, 2.75) is 20.8 Å². The van der Waals surface area contributed by atoms with Gasteiger partial charge in [-0.15, -0.1) is 4.73 Å². The lowest BCUT2D eigenvalue weighted by atomic mass is 10.1. The smallest absolute Gasteiger partial charge is 0.286 e. The van der Waals surface area contributed by atoms with Gasteiger partial charge in [-0.2, -0.15) is 0 Å². The lowest BCUT2D eigenvalue weighted by Gasteiger charge is -2.11. The highest BCUT2D eigenvalue weighted by Crippen LogP contribution is 2.30. The van der Waals surface area contributed by atoms with E-state index in [4.69, 9.17) is 4.74 Å². The van der Waals surface area contributed by atoms with Gasteiger partial charge < -0.3 is 15.1 Å². The Hall–Kier alpha value is -2.76. The Balaban J connectivity index is 2.62. The highest BCUT2D eigenvalue weighted by atomic mass is 16.5. The van der Waals surface area contributed by atoms with Crippen LogP contribution in [0.25, 0.3) is 0 Å². The van der Waals surface area contributed by atoms with E-state index in [2.05, 4.69) is 4.99 Å². The van der Waals surface area contributed by atoms with E-state index in [9.17, 15) is 15.1 Å². The number of pyridine rings is 1. The zero-order valence-electron chi connectivity index (χ0n) is 12.9. The van der Waals surface area contributed by atoms with Crippen LogP contribution in [-0.2, 0) is 0 Å². The third kappa shape index (κ3) is 2.81. The molecule has 0 amide bonds. The maximum Gasteiger partial charge on any atom is 0.286 e. The van der Waals surface area contributed by atoms with Crippen LogP contribution in [0.4, 0.5) is 5.69 Å². The Kier molecular flexibility index (Phi) is 4.21. The van der Waals surface area contributed by atoms with E-state index < -0.39 is 11.4 Å². The maximum atomic E-state index is 11.4.